The van der Waals surface area contributed by atoms with E-state index in [0.29, 0.717) is 23.1 Å². The summed E-state index contributed by atoms with van der Waals surface area (Å²) in [6, 6.07) is 15.2. The predicted molar refractivity (Wildman–Crippen MR) is 82.6 cm³/mol. The first-order valence-corrected chi connectivity index (χ1v) is 6.46. The van der Waals surface area contributed by atoms with Crippen LogP contribution in [0.3, 0.4) is 0 Å². The van der Waals surface area contributed by atoms with Gasteiger partial charge in [-0.3, -0.25) is 0 Å². The molecule has 5 heteroatoms. The van der Waals surface area contributed by atoms with Gasteiger partial charge in [-0.1, -0.05) is 41.9 Å². The van der Waals surface area contributed by atoms with E-state index in [4.69, 9.17) is 34.3 Å². The first kappa shape index (κ1) is 13.6. The van der Waals surface area contributed by atoms with Crippen LogP contribution in [-0.4, -0.2) is 5.11 Å². The number of hydrogen-bond donors (Lipinski definition) is 2. The summed E-state index contributed by atoms with van der Waals surface area (Å²) < 4.78 is 5.74. The highest BCUT2D eigenvalue weighted by molar-refractivity contribution is 7.80. The monoisotopic (exact) mass is 292 g/mol. The Morgan fingerprint density at radius 2 is 1.95 bits per heavy atom. The SMILES string of the molecule is NC(=S)Nc1cc(Cl)ccc1OCc1ccccc1. The van der Waals surface area contributed by atoms with Crippen LogP contribution in [0.25, 0.3) is 0 Å². The van der Waals surface area contributed by atoms with Gasteiger partial charge in [0, 0.05) is 5.02 Å². The number of ether oxygens (including phenoxy) is 1. The summed E-state index contributed by atoms with van der Waals surface area (Å²) in [5.74, 6) is 0.654. The van der Waals surface area contributed by atoms with Crippen molar-refractivity contribution < 1.29 is 4.74 Å². The lowest BCUT2D eigenvalue weighted by molar-refractivity contribution is 0.308. The Balaban J connectivity index is 2.13. The van der Waals surface area contributed by atoms with Crippen molar-refractivity contribution >= 4 is 34.6 Å². The van der Waals surface area contributed by atoms with E-state index in [-0.39, 0.29) is 5.11 Å². The van der Waals surface area contributed by atoms with Gasteiger partial charge in [0.2, 0.25) is 0 Å². The Morgan fingerprint density at radius 1 is 1.21 bits per heavy atom. The van der Waals surface area contributed by atoms with Crippen molar-refractivity contribution in [1.29, 1.82) is 0 Å². The van der Waals surface area contributed by atoms with E-state index < -0.39 is 0 Å². The molecule has 0 heterocycles. The summed E-state index contributed by atoms with van der Waals surface area (Å²) in [5, 5.41) is 3.61. The number of nitrogens with one attached hydrogen (secondary N) is 1. The molecule has 0 aliphatic carbocycles. The van der Waals surface area contributed by atoms with E-state index in [9.17, 15) is 0 Å². The second kappa shape index (κ2) is 6.41. The van der Waals surface area contributed by atoms with Gasteiger partial charge in [0.05, 0.1) is 5.69 Å². The highest BCUT2D eigenvalue weighted by Gasteiger charge is 2.05. The van der Waals surface area contributed by atoms with Crippen molar-refractivity contribution in [2.75, 3.05) is 5.32 Å². The smallest absolute Gasteiger partial charge is 0.168 e. The summed E-state index contributed by atoms with van der Waals surface area (Å²) in [6.45, 7) is 0.467. The predicted octanol–water partition coefficient (Wildman–Crippen LogP) is 3.57. The van der Waals surface area contributed by atoms with Crippen LogP contribution in [0.5, 0.6) is 5.75 Å². The fraction of sp³-hybridized carbons (Fsp3) is 0.0714. The molecule has 0 bridgehead atoms. The van der Waals surface area contributed by atoms with E-state index in [0.717, 1.165) is 5.56 Å². The number of anilines is 1. The van der Waals surface area contributed by atoms with Gasteiger partial charge in [-0.05, 0) is 36.0 Å². The maximum absolute atomic E-state index is 5.94. The molecule has 19 heavy (non-hydrogen) atoms. The van der Waals surface area contributed by atoms with Gasteiger partial charge < -0.3 is 15.8 Å². The highest BCUT2D eigenvalue weighted by Crippen LogP contribution is 2.28. The maximum atomic E-state index is 5.94. The Hall–Kier alpha value is -1.78. The highest BCUT2D eigenvalue weighted by atomic mass is 35.5. The number of benzene rings is 2. The zero-order valence-corrected chi connectivity index (χ0v) is 11.7. The first-order valence-electron chi connectivity index (χ1n) is 5.68. The lowest BCUT2D eigenvalue weighted by atomic mass is 10.2. The molecular formula is C14H13ClN2OS. The normalized spacial score (nSPS) is 9.95. The molecule has 0 aromatic heterocycles. The Morgan fingerprint density at radius 3 is 2.63 bits per heavy atom. The fourth-order valence-corrected chi connectivity index (χ4v) is 1.88. The number of thiocarbonyl (C=S) groups is 1. The molecule has 0 amide bonds. The summed E-state index contributed by atoms with van der Waals surface area (Å²) in [5.41, 5.74) is 7.22. The molecule has 2 rings (SSSR count). The molecule has 2 aromatic rings. The van der Waals surface area contributed by atoms with Gasteiger partial charge in [-0.25, -0.2) is 0 Å². The van der Waals surface area contributed by atoms with E-state index >= 15 is 0 Å². The Bertz CT molecular complexity index is 575. The zero-order chi connectivity index (χ0) is 13.7. The average molecular weight is 293 g/mol. The van der Waals surface area contributed by atoms with Gasteiger partial charge in [-0.2, -0.15) is 0 Å². The number of halogens is 1. The minimum atomic E-state index is 0.173. The third-order valence-electron chi connectivity index (χ3n) is 2.44. The molecule has 0 atom stereocenters. The quantitative estimate of drug-likeness (QED) is 0.846. The van der Waals surface area contributed by atoms with Crippen LogP contribution >= 0.6 is 23.8 Å². The second-order valence-corrected chi connectivity index (χ2v) is 4.78. The van der Waals surface area contributed by atoms with Crippen LogP contribution in [-0.2, 0) is 6.61 Å². The summed E-state index contributed by atoms with van der Waals surface area (Å²) in [6.07, 6.45) is 0. The average Bonchev–Trinajstić information content (AvgIpc) is 2.38. The minimum Gasteiger partial charge on any atom is -0.487 e. The standard InChI is InChI=1S/C14H13ClN2OS/c15-11-6-7-13(12(8-11)17-14(16)19)18-9-10-4-2-1-3-5-10/h1-8H,9H2,(H3,16,17,19). The largest absolute Gasteiger partial charge is 0.487 e. The van der Waals surface area contributed by atoms with E-state index in [1.807, 2.05) is 30.3 Å². The lowest BCUT2D eigenvalue weighted by Gasteiger charge is -2.12. The molecule has 0 saturated carbocycles. The summed E-state index contributed by atoms with van der Waals surface area (Å²) >= 11 is 10.8. The van der Waals surface area contributed by atoms with Gasteiger partial charge >= 0.3 is 0 Å². The van der Waals surface area contributed by atoms with Crippen LogP contribution in [0.2, 0.25) is 5.02 Å². The molecule has 98 valence electrons. The minimum absolute atomic E-state index is 0.173. The molecule has 0 unspecified atom stereocenters. The third-order valence-corrected chi connectivity index (χ3v) is 2.77. The Labute approximate surface area is 122 Å². The van der Waals surface area contributed by atoms with E-state index in [1.165, 1.54) is 0 Å². The van der Waals surface area contributed by atoms with Crippen molar-refractivity contribution in [3.8, 4) is 5.75 Å². The molecule has 0 saturated heterocycles. The molecule has 2 aromatic carbocycles. The van der Waals surface area contributed by atoms with E-state index in [2.05, 4.69) is 5.32 Å². The molecular weight excluding hydrogens is 280 g/mol. The number of hydrogen-bond acceptors (Lipinski definition) is 2. The second-order valence-electron chi connectivity index (χ2n) is 3.90. The number of rotatable bonds is 4. The molecule has 0 fully saturated rings. The van der Waals surface area contributed by atoms with Crippen molar-refractivity contribution in [1.82, 2.24) is 0 Å². The van der Waals surface area contributed by atoms with Gasteiger partial charge in [0.25, 0.3) is 0 Å². The van der Waals surface area contributed by atoms with E-state index in [1.54, 1.807) is 18.2 Å². The third kappa shape index (κ3) is 4.12. The number of nitrogens with two attached hydrogens (primary N) is 1. The van der Waals surface area contributed by atoms with Crippen molar-refractivity contribution in [2.45, 2.75) is 6.61 Å². The molecule has 0 radical (unpaired) electrons. The van der Waals surface area contributed by atoms with Crippen molar-refractivity contribution in [3.63, 3.8) is 0 Å². The van der Waals surface area contributed by atoms with Crippen LogP contribution < -0.4 is 15.8 Å². The zero-order valence-electron chi connectivity index (χ0n) is 10.1. The molecule has 3 N–H and O–H groups in total. The molecule has 0 spiro atoms. The molecule has 0 aliphatic rings. The summed E-state index contributed by atoms with van der Waals surface area (Å²) in [7, 11) is 0. The first-order chi connectivity index (χ1) is 9.15. The topological polar surface area (TPSA) is 47.3 Å². The van der Waals surface area contributed by atoms with Crippen LogP contribution in [0.15, 0.2) is 48.5 Å². The Kier molecular flexibility index (Phi) is 4.60. The van der Waals surface area contributed by atoms with Crippen molar-refractivity contribution in [2.24, 2.45) is 5.73 Å². The summed E-state index contributed by atoms with van der Waals surface area (Å²) in [4.78, 5) is 0. The maximum Gasteiger partial charge on any atom is 0.168 e. The molecule has 3 nitrogen and oxygen atoms in total. The van der Waals surface area contributed by atoms with Crippen LogP contribution in [0.4, 0.5) is 5.69 Å². The van der Waals surface area contributed by atoms with Crippen LogP contribution in [0.1, 0.15) is 5.56 Å². The lowest BCUT2D eigenvalue weighted by Crippen LogP contribution is -2.19. The van der Waals surface area contributed by atoms with Gasteiger partial charge in [0.1, 0.15) is 12.4 Å². The molecule has 0 aliphatic heterocycles. The van der Waals surface area contributed by atoms with Crippen LogP contribution in [0, 0.1) is 0 Å². The van der Waals surface area contributed by atoms with Crippen molar-refractivity contribution in [3.05, 3.63) is 59.1 Å². The fourth-order valence-electron chi connectivity index (χ4n) is 1.59. The van der Waals surface area contributed by atoms with Gasteiger partial charge in [-0.15, -0.1) is 0 Å². The van der Waals surface area contributed by atoms with Gasteiger partial charge in [0.15, 0.2) is 5.11 Å².